The Labute approximate surface area is 128 Å². The summed E-state index contributed by atoms with van der Waals surface area (Å²) in [6, 6.07) is 11.3. The zero-order chi connectivity index (χ0) is 15.2. The molecule has 1 aromatic heterocycles. The zero-order valence-electron chi connectivity index (χ0n) is 12.1. The number of hydrogen-bond acceptors (Lipinski definition) is 3. The van der Waals surface area contributed by atoms with Crippen LogP contribution in [0.15, 0.2) is 41.8 Å². The second-order valence-corrected chi connectivity index (χ2v) is 5.61. The number of anilines is 1. The summed E-state index contributed by atoms with van der Waals surface area (Å²) in [5.41, 5.74) is 1.50. The van der Waals surface area contributed by atoms with E-state index in [2.05, 4.69) is 5.32 Å². The monoisotopic (exact) mass is 302 g/mol. The average Bonchev–Trinajstić information content (AvgIpc) is 2.94. The number of carbonyl (C=O) groups excluding carboxylic acids is 2. The molecule has 0 aliphatic heterocycles. The van der Waals surface area contributed by atoms with Crippen LogP contribution in [0.3, 0.4) is 0 Å². The molecule has 21 heavy (non-hydrogen) atoms. The van der Waals surface area contributed by atoms with Crippen molar-refractivity contribution in [2.75, 3.05) is 18.9 Å². The van der Waals surface area contributed by atoms with Gasteiger partial charge in [0.2, 0.25) is 5.91 Å². The van der Waals surface area contributed by atoms with Gasteiger partial charge < -0.3 is 10.2 Å². The van der Waals surface area contributed by atoms with Gasteiger partial charge in [0.25, 0.3) is 5.91 Å². The normalized spacial score (nSPS) is 10.2. The Morgan fingerprint density at radius 2 is 1.90 bits per heavy atom. The number of hydrogen-bond donors (Lipinski definition) is 1. The van der Waals surface area contributed by atoms with Crippen molar-refractivity contribution in [2.24, 2.45) is 0 Å². The lowest BCUT2D eigenvalue weighted by atomic mass is 10.1. The molecule has 2 aromatic rings. The van der Waals surface area contributed by atoms with E-state index in [-0.39, 0.29) is 11.8 Å². The van der Waals surface area contributed by atoms with Gasteiger partial charge in [-0.25, -0.2) is 0 Å². The molecule has 2 rings (SSSR count). The summed E-state index contributed by atoms with van der Waals surface area (Å²) in [6.45, 7) is 2.55. The number of nitrogens with zero attached hydrogens (tertiary/aromatic N) is 1. The fourth-order valence-corrected chi connectivity index (χ4v) is 2.67. The lowest BCUT2D eigenvalue weighted by molar-refractivity contribution is -0.115. The number of amides is 2. The van der Waals surface area contributed by atoms with Crippen LogP contribution in [0.5, 0.6) is 0 Å². The molecule has 0 fully saturated rings. The molecular formula is C16H18N2O2S. The van der Waals surface area contributed by atoms with Crippen molar-refractivity contribution in [2.45, 2.75) is 13.3 Å². The first-order valence-corrected chi connectivity index (χ1v) is 7.66. The fraction of sp³-hybridized carbons (Fsp3) is 0.250. The Bertz CT molecular complexity index is 622. The first-order chi connectivity index (χ1) is 10.1. The standard InChI is InChI=1S/C16H18N2O2S/c1-3-18(2)16(20)13-9-10-21-15(13)17-14(19)11-12-7-5-4-6-8-12/h4-10H,3,11H2,1-2H3,(H,17,19). The van der Waals surface area contributed by atoms with E-state index in [0.29, 0.717) is 23.5 Å². The highest BCUT2D eigenvalue weighted by molar-refractivity contribution is 7.14. The number of benzene rings is 1. The SMILES string of the molecule is CCN(C)C(=O)c1ccsc1NC(=O)Cc1ccccc1. The van der Waals surface area contributed by atoms with Crippen molar-refractivity contribution in [1.29, 1.82) is 0 Å². The molecule has 110 valence electrons. The molecule has 0 saturated heterocycles. The maximum Gasteiger partial charge on any atom is 0.256 e. The predicted octanol–water partition coefficient (Wildman–Crippen LogP) is 3.02. The van der Waals surface area contributed by atoms with Crippen LogP contribution in [0, 0.1) is 0 Å². The van der Waals surface area contributed by atoms with E-state index < -0.39 is 0 Å². The first-order valence-electron chi connectivity index (χ1n) is 6.78. The van der Waals surface area contributed by atoms with E-state index >= 15 is 0 Å². The van der Waals surface area contributed by atoms with Gasteiger partial charge >= 0.3 is 0 Å². The fourth-order valence-electron chi connectivity index (χ4n) is 1.88. The van der Waals surface area contributed by atoms with Crippen molar-refractivity contribution in [1.82, 2.24) is 4.90 Å². The highest BCUT2D eigenvalue weighted by Crippen LogP contribution is 2.24. The van der Waals surface area contributed by atoms with Crippen molar-refractivity contribution in [3.05, 3.63) is 52.9 Å². The largest absolute Gasteiger partial charge is 0.342 e. The summed E-state index contributed by atoms with van der Waals surface area (Å²) in [5, 5.41) is 5.26. The molecule has 4 nitrogen and oxygen atoms in total. The number of nitrogens with one attached hydrogen (secondary N) is 1. The second-order valence-electron chi connectivity index (χ2n) is 4.69. The third kappa shape index (κ3) is 3.92. The summed E-state index contributed by atoms with van der Waals surface area (Å²) in [6.07, 6.45) is 0.302. The summed E-state index contributed by atoms with van der Waals surface area (Å²) in [7, 11) is 1.75. The van der Waals surface area contributed by atoms with Crippen molar-refractivity contribution < 1.29 is 9.59 Å². The maximum atomic E-state index is 12.2. The van der Waals surface area contributed by atoms with Crippen LogP contribution < -0.4 is 5.32 Å². The maximum absolute atomic E-state index is 12.2. The molecule has 2 amide bonds. The Balaban J connectivity index is 2.05. The molecule has 1 N–H and O–H groups in total. The molecule has 0 aliphatic rings. The minimum atomic E-state index is -0.114. The van der Waals surface area contributed by atoms with Gasteiger partial charge in [-0.3, -0.25) is 9.59 Å². The second kappa shape index (κ2) is 7.04. The van der Waals surface area contributed by atoms with Crippen molar-refractivity contribution in [3.8, 4) is 0 Å². The van der Waals surface area contributed by atoms with Gasteiger partial charge in [0.05, 0.1) is 12.0 Å². The van der Waals surface area contributed by atoms with Crippen LogP contribution in [0.4, 0.5) is 5.00 Å². The van der Waals surface area contributed by atoms with Crippen LogP contribution in [-0.4, -0.2) is 30.3 Å². The quantitative estimate of drug-likeness (QED) is 0.923. The van der Waals surface area contributed by atoms with Gasteiger partial charge in [0, 0.05) is 13.6 Å². The summed E-state index contributed by atoms with van der Waals surface area (Å²) in [5.74, 6) is -0.189. The number of rotatable bonds is 5. The minimum Gasteiger partial charge on any atom is -0.342 e. The topological polar surface area (TPSA) is 49.4 Å². The van der Waals surface area contributed by atoms with Crippen LogP contribution in [0.2, 0.25) is 0 Å². The average molecular weight is 302 g/mol. The Kier molecular flexibility index (Phi) is 5.11. The van der Waals surface area contributed by atoms with Crippen molar-refractivity contribution >= 4 is 28.2 Å². The van der Waals surface area contributed by atoms with Crippen LogP contribution in [0.1, 0.15) is 22.8 Å². The van der Waals surface area contributed by atoms with Crippen LogP contribution >= 0.6 is 11.3 Å². The number of carbonyl (C=O) groups is 2. The van der Waals surface area contributed by atoms with E-state index in [1.807, 2.05) is 42.6 Å². The molecule has 0 unspecified atom stereocenters. The molecule has 0 bridgehead atoms. The zero-order valence-corrected chi connectivity index (χ0v) is 12.9. The molecular weight excluding hydrogens is 284 g/mol. The van der Waals surface area contributed by atoms with E-state index in [0.717, 1.165) is 5.56 Å². The van der Waals surface area contributed by atoms with Gasteiger partial charge in [-0.15, -0.1) is 11.3 Å². The molecule has 0 atom stereocenters. The van der Waals surface area contributed by atoms with E-state index in [9.17, 15) is 9.59 Å². The van der Waals surface area contributed by atoms with Crippen LogP contribution in [-0.2, 0) is 11.2 Å². The molecule has 1 aromatic carbocycles. The van der Waals surface area contributed by atoms with E-state index in [4.69, 9.17) is 0 Å². The molecule has 0 aliphatic carbocycles. The van der Waals surface area contributed by atoms with E-state index in [1.165, 1.54) is 11.3 Å². The van der Waals surface area contributed by atoms with Gasteiger partial charge in [-0.05, 0) is 23.9 Å². The third-order valence-corrected chi connectivity index (χ3v) is 4.01. The Morgan fingerprint density at radius 1 is 1.19 bits per heavy atom. The predicted molar refractivity (Wildman–Crippen MR) is 85.7 cm³/mol. The highest BCUT2D eigenvalue weighted by atomic mass is 32.1. The molecule has 0 radical (unpaired) electrons. The minimum absolute atomic E-state index is 0.0752. The summed E-state index contributed by atoms with van der Waals surface area (Å²) in [4.78, 5) is 25.9. The van der Waals surface area contributed by atoms with Gasteiger partial charge in [0.1, 0.15) is 5.00 Å². The van der Waals surface area contributed by atoms with Gasteiger partial charge in [0.15, 0.2) is 0 Å². The number of thiophene rings is 1. The van der Waals surface area contributed by atoms with Crippen molar-refractivity contribution in [3.63, 3.8) is 0 Å². The first kappa shape index (κ1) is 15.3. The third-order valence-electron chi connectivity index (χ3n) is 3.18. The van der Waals surface area contributed by atoms with Crippen LogP contribution in [0.25, 0.3) is 0 Å². The highest BCUT2D eigenvalue weighted by Gasteiger charge is 2.17. The molecule has 1 heterocycles. The van der Waals surface area contributed by atoms with E-state index in [1.54, 1.807) is 18.0 Å². The summed E-state index contributed by atoms with van der Waals surface area (Å²) >= 11 is 1.37. The molecule has 0 spiro atoms. The molecule has 5 heteroatoms. The lowest BCUT2D eigenvalue weighted by Crippen LogP contribution is -2.27. The Hall–Kier alpha value is -2.14. The Morgan fingerprint density at radius 3 is 2.57 bits per heavy atom. The molecule has 0 saturated carbocycles. The van der Waals surface area contributed by atoms with Gasteiger partial charge in [-0.1, -0.05) is 30.3 Å². The smallest absolute Gasteiger partial charge is 0.256 e. The summed E-state index contributed by atoms with van der Waals surface area (Å²) < 4.78 is 0. The van der Waals surface area contributed by atoms with Gasteiger partial charge in [-0.2, -0.15) is 0 Å². The lowest BCUT2D eigenvalue weighted by Gasteiger charge is -2.14.